The molecule has 18 heavy (non-hydrogen) atoms. The maximum Gasteiger partial charge on any atom is 0.412 e. The summed E-state index contributed by atoms with van der Waals surface area (Å²) in [5, 5.41) is 2.76. The molecule has 0 heterocycles. The number of carbonyl (C=O) groups is 1. The summed E-state index contributed by atoms with van der Waals surface area (Å²) in [7, 11) is 0. The van der Waals surface area contributed by atoms with Gasteiger partial charge in [0.15, 0.2) is 0 Å². The summed E-state index contributed by atoms with van der Waals surface area (Å²) >= 11 is 1.62. The van der Waals surface area contributed by atoms with Gasteiger partial charge < -0.3 is 4.74 Å². The molecule has 1 aromatic rings. The van der Waals surface area contributed by atoms with E-state index in [1.54, 1.807) is 11.8 Å². The van der Waals surface area contributed by atoms with Gasteiger partial charge >= 0.3 is 6.09 Å². The summed E-state index contributed by atoms with van der Waals surface area (Å²) in [4.78, 5) is 12.7. The van der Waals surface area contributed by atoms with E-state index in [9.17, 15) is 4.79 Å². The molecular formula is C14H19NO2S. The van der Waals surface area contributed by atoms with E-state index in [1.807, 2.05) is 51.1 Å². The van der Waals surface area contributed by atoms with Crippen LogP contribution in [0.3, 0.4) is 0 Å². The van der Waals surface area contributed by atoms with E-state index >= 15 is 0 Å². The molecule has 0 saturated carbocycles. The maximum absolute atomic E-state index is 11.7. The third-order valence-corrected chi connectivity index (χ3v) is 2.95. The fourth-order valence-electron chi connectivity index (χ4n) is 1.26. The zero-order chi connectivity index (χ0) is 13.6. The van der Waals surface area contributed by atoms with Gasteiger partial charge in [-0.3, -0.25) is 5.32 Å². The van der Waals surface area contributed by atoms with Gasteiger partial charge in [-0.25, -0.2) is 4.79 Å². The van der Waals surface area contributed by atoms with Crippen LogP contribution in [0.15, 0.2) is 41.8 Å². The van der Waals surface area contributed by atoms with Crippen molar-refractivity contribution in [1.82, 2.24) is 0 Å². The molecule has 1 N–H and O–H groups in total. The van der Waals surface area contributed by atoms with E-state index < -0.39 is 11.7 Å². The third-order valence-electron chi connectivity index (χ3n) is 1.88. The van der Waals surface area contributed by atoms with Gasteiger partial charge in [0.05, 0.1) is 5.69 Å². The Morgan fingerprint density at radius 2 is 2.11 bits per heavy atom. The SMILES string of the molecule is C=CCSc1ccccc1NC(=O)OC(C)(C)C. The Kier molecular flexibility index (Phi) is 5.28. The first-order valence-corrected chi connectivity index (χ1v) is 6.73. The fraction of sp³-hybridized carbons (Fsp3) is 0.357. The van der Waals surface area contributed by atoms with Crippen LogP contribution in [0.25, 0.3) is 0 Å². The summed E-state index contributed by atoms with van der Waals surface area (Å²) in [6.07, 6.45) is 1.39. The van der Waals surface area contributed by atoms with E-state index in [2.05, 4.69) is 11.9 Å². The Bertz CT molecular complexity index is 424. The minimum atomic E-state index is -0.493. The highest BCUT2D eigenvalue weighted by Gasteiger charge is 2.16. The molecule has 0 aromatic heterocycles. The molecule has 0 aliphatic heterocycles. The molecular weight excluding hydrogens is 246 g/mol. The van der Waals surface area contributed by atoms with Crippen LogP contribution in [0.1, 0.15) is 20.8 Å². The van der Waals surface area contributed by atoms with Crippen LogP contribution in [-0.4, -0.2) is 17.4 Å². The van der Waals surface area contributed by atoms with E-state index in [-0.39, 0.29) is 0 Å². The first-order chi connectivity index (χ1) is 8.42. The maximum atomic E-state index is 11.7. The van der Waals surface area contributed by atoms with Gasteiger partial charge in [0.25, 0.3) is 0 Å². The number of benzene rings is 1. The first-order valence-electron chi connectivity index (χ1n) is 5.75. The van der Waals surface area contributed by atoms with Crippen molar-refractivity contribution in [1.29, 1.82) is 0 Å². The van der Waals surface area contributed by atoms with Crippen molar-refractivity contribution < 1.29 is 9.53 Å². The second-order valence-electron chi connectivity index (χ2n) is 4.72. The van der Waals surface area contributed by atoms with Gasteiger partial charge in [-0.05, 0) is 32.9 Å². The Balaban J connectivity index is 2.71. The van der Waals surface area contributed by atoms with E-state index in [0.29, 0.717) is 0 Å². The third kappa shape index (κ3) is 5.27. The highest BCUT2D eigenvalue weighted by atomic mass is 32.2. The highest BCUT2D eigenvalue weighted by molar-refractivity contribution is 7.99. The zero-order valence-electron chi connectivity index (χ0n) is 11.0. The Morgan fingerprint density at radius 3 is 2.72 bits per heavy atom. The van der Waals surface area contributed by atoms with Crippen molar-refractivity contribution in [3.05, 3.63) is 36.9 Å². The van der Waals surface area contributed by atoms with Crippen LogP contribution in [-0.2, 0) is 4.74 Å². The molecule has 1 aromatic carbocycles. The number of hydrogen-bond acceptors (Lipinski definition) is 3. The molecule has 1 amide bonds. The van der Waals surface area contributed by atoms with Crippen LogP contribution >= 0.6 is 11.8 Å². The van der Waals surface area contributed by atoms with Crippen molar-refractivity contribution in [2.45, 2.75) is 31.3 Å². The lowest BCUT2D eigenvalue weighted by Gasteiger charge is -2.20. The largest absolute Gasteiger partial charge is 0.444 e. The highest BCUT2D eigenvalue weighted by Crippen LogP contribution is 2.27. The van der Waals surface area contributed by atoms with Crippen LogP contribution in [0.4, 0.5) is 10.5 Å². The minimum absolute atomic E-state index is 0.436. The van der Waals surface area contributed by atoms with Gasteiger partial charge in [-0.2, -0.15) is 0 Å². The predicted molar refractivity (Wildman–Crippen MR) is 77.2 cm³/mol. The van der Waals surface area contributed by atoms with E-state index in [4.69, 9.17) is 4.74 Å². The van der Waals surface area contributed by atoms with E-state index in [1.165, 1.54) is 0 Å². The molecule has 0 aliphatic rings. The van der Waals surface area contributed by atoms with Crippen LogP contribution < -0.4 is 5.32 Å². The number of amides is 1. The molecule has 4 heteroatoms. The lowest BCUT2D eigenvalue weighted by molar-refractivity contribution is 0.0635. The van der Waals surface area contributed by atoms with Gasteiger partial charge in [-0.1, -0.05) is 18.2 Å². The number of para-hydroxylation sites is 1. The Hall–Kier alpha value is -1.42. The second-order valence-corrected chi connectivity index (χ2v) is 5.78. The molecule has 0 atom stereocenters. The summed E-state index contributed by atoms with van der Waals surface area (Å²) in [6, 6.07) is 7.63. The number of rotatable bonds is 4. The predicted octanol–water partition coefficient (Wildman–Crippen LogP) is 4.31. The quantitative estimate of drug-likeness (QED) is 0.651. The van der Waals surface area contributed by atoms with Gasteiger partial charge in [0.2, 0.25) is 0 Å². The van der Waals surface area contributed by atoms with Gasteiger partial charge in [-0.15, -0.1) is 18.3 Å². The van der Waals surface area contributed by atoms with Crippen molar-refractivity contribution in [3.63, 3.8) is 0 Å². The van der Waals surface area contributed by atoms with Crippen molar-refractivity contribution in [2.24, 2.45) is 0 Å². The summed E-state index contributed by atoms with van der Waals surface area (Å²) in [5.74, 6) is 0.799. The minimum Gasteiger partial charge on any atom is -0.444 e. The number of hydrogen-bond donors (Lipinski definition) is 1. The van der Waals surface area contributed by atoms with Gasteiger partial charge in [0.1, 0.15) is 5.60 Å². The lowest BCUT2D eigenvalue weighted by Crippen LogP contribution is -2.27. The molecule has 0 unspecified atom stereocenters. The normalized spacial score (nSPS) is 10.8. The summed E-state index contributed by atoms with van der Waals surface area (Å²) in [5.41, 5.74) is 0.270. The monoisotopic (exact) mass is 265 g/mol. The molecule has 98 valence electrons. The molecule has 0 fully saturated rings. The zero-order valence-corrected chi connectivity index (χ0v) is 11.8. The van der Waals surface area contributed by atoms with Crippen molar-refractivity contribution in [3.8, 4) is 0 Å². The van der Waals surface area contributed by atoms with Crippen molar-refractivity contribution >= 4 is 23.5 Å². The molecule has 0 bridgehead atoms. The Labute approximate surface area is 113 Å². The van der Waals surface area contributed by atoms with Crippen LogP contribution in [0.2, 0.25) is 0 Å². The smallest absolute Gasteiger partial charge is 0.412 e. The average Bonchev–Trinajstić information content (AvgIpc) is 2.25. The number of nitrogens with one attached hydrogen (secondary N) is 1. The number of carbonyl (C=O) groups excluding carboxylic acids is 1. The topological polar surface area (TPSA) is 38.3 Å². The second kappa shape index (κ2) is 6.50. The molecule has 3 nitrogen and oxygen atoms in total. The first kappa shape index (κ1) is 14.6. The molecule has 0 spiro atoms. The van der Waals surface area contributed by atoms with E-state index in [0.717, 1.165) is 16.3 Å². The fourth-order valence-corrected chi connectivity index (χ4v) is 2.00. The number of anilines is 1. The molecule has 0 radical (unpaired) electrons. The number of ether oxygens (including phenoxy) is 1. The Morgan fingerprint density at radius 1 is 1.44 bits per heavy atom. The van der Waals surface area contributed by atoms with Gasteiger partial charge in [0, 0.05) is 10.6 Å². The van der Waals surface area contributed by atoms with Crippen molar-refractivity contribution in [2.75, 3.05) is 11.1 Å². The molecule has 0 aliphatic carbocycles. The standard InChI is InChI=1S/C14H19NO2S/c1-5-10-18-12-9-7-6-8-11(12)15-13(16)17-14(2,3)4/h5-9H,1,10H2,2-4H3,(H,15,16). The molecule has 0 saturated heterocycles. The lowest BCUT2D eigenvalue weighted by atomic mass is 10.2. The summed E-state index contributed by atoms with van der Waals surface area (Å²) < 4.78 is 5.22. The average molecular weight is 265 g/mol. The molecule has 1 rings (SSSR count). The summed E-state index contributed by atoms with van der Waals surface area (Å²) in [6.45, 7) is 9.20. The number of thioether (sulfide) groups is 1. The van der Waals surface area contributed by atoms with Crippen LogP contribution in [0, 0.1) is 0 Å². The van der Waals surface area contributed by atoms with Crippen LogP contribution in [0.5, 0.6) is 0 Å².